The van der Waals surface area contributed by atoms with Gasteiger partial charge in [0.05, 0.1) is 25.5 Å². The summed E-state index contributed by atoms with van der Waals surface area (Å²) in [6.07, 6.45) is 1.19. The first-order valence-electron chi connectivity index (χ1n) is 12.3. The normalized spacial score (nSPS) is 21.2. The van der Waals surface area contributed by atoms with Crippen LogP contribution >= 0.6 is 30.6 Å². The first kappa shape index (κ1) is 31.0. The molecule has 39 heavy (non-hydrogen) atoms. The quantitative estimate of drug-likeness (QED) is 0.142. The van der Waals surface area contributed by atoms with Gasteiger partial charge in [-0.2, -0.15) is 9.37 Å². The molecule has 0 aliphatic carbocycles. The van der Waals surface area contributed by atoms with E-state index in [2.05, 4.69) is 20.5 Å². The van der Waals surface area contributed by atoms with Crippen LogP contribution in [0.25, 0.3) is 0 Å². The molecular formula is C25H32Cl2FN4O6P. The maximum atomic E-state index is 14.7. The summed E-state index contributed by atoms with van der Waals surface area (Å²) in [6.45, 7) is 9.43. The number of hydrogen-bond donors (Lipinski definition) is 4. The van der Waals surface area contributed by atoms with Crippen molar-refractivity contribution in [3.05, 3.63) is 51.6 Å². The number of hydrogen-bond acceptors (Lipinski definition) is 8. The number of halogens is 3. The van der Waals surface area contributed by atoms with Crippen LogP contribution in [-0.2, 0) is 18.8 Å². The van der Waals surface area contributed by atoms with Crippen LogP contribution in [0.5, 0.6) is 17.2 Å². The second-order valence-corrected chi connectivity index (χ2v) is 12.0. The van der Waals surface area contributed by atoms with Crippen molar-refractivity contribution >= 4 is 42.4 Å². The minimum absolute atomic E-state index is 0.0127. The Balaban J connectivity index is 1.88. The molecule has 0 fully saturated rings. The van der Waals surface area contributed by atoms with Crippen LogP contribution in [0.2, 0.25) is 10.0 Å². The van der Waals surface area contributed by atoms with Gasteiger partial charge in [0.25, 0.3) is 0 Å². The molecule has 3 rings (SSSR count). The van der Waals surface area contributed by atoms with E-state index in [-0.39, 0.29) is 46.9 Å². The number of benzene rings is 1. The van der Waals surface area contributed by atoms with E-state index < -0.39 is 36.5 Å². The van der Waals surface area contributed by atoms with Crippen molar-refractivity contribution in [3.63, 3.8) is 0 Å². The fourth-order valence-corrected chi connectivity index (χ4v) is 6.31. The molecule has 14 heteroatoms. The van der Waals surface area contributed by atoms with E-state index in [1.807, 2.05) is 13.8 Å². The highest BCUT2D eigenvalue weighted by Gasteiger charge is 2.36. The van der Waals surface area contributed by atoms with Crippen LogP contribution in [0.3, 0.4) is 0 Å². The van der Waals surface area contributed by atoms with E-state index in [1.54, 1.807) is 26.8 Å². The van der Waals surface area contributed by atoms with Crippen molar-refractivity contribution < 1.29 is 33.1 Å². The molecule has 2 heterocycles. The Morgan fingerprint density at radius 3 is 2.59 bits per heavy atom. The van der Waals surface area contributed by atoms with Gasteiger partial charge in [-0.15, -0.1) is 0 Å². The van der Waals surface area contributed by atoms with Crippen LogP contribution in [0.15, 0.2) is 30.0 Å². The standard InChI is InChI=1S/C25H32Cl2FN4O6P/c1-6-36-19-11-17(25(34)37-7-2)32-39(35,31-14(19)5)12-29-24-21(27)22(20(26)23(28)30-24)38-15-8-9-18(33)16(10-15)13(3)4/h8-11,13-14,17,33H,6-7,12H2,1-5H3,(H,29,30)(H2,31,32,35)/t14-,17-,39?/m0/s1. The molecule has 0 amide bonds. The van der Waals surface area contributed by atoms with Gasteiger partial charge in [0.15, 0.2) is 11.6 Å². The molecule has 0 radical (unpaired) electrons. The maximum Gasteiger partial charge on any atom is 0.327 e. The van der Waals surface area contributed by atoms with Crippen molar-refractivity contribution in [1.82, 2.24) is 15.2 Å². The Kier molecular flexibility index (Phi) is 10.5. The molecule has 0 bridgehead atoms. The molecule has 1 aliphatic rings. The van der Waals surface area contributed by atoms with Gasteiger partial charge in [0.2, 0.25) is 13.4 Å². The number of nitrogens with one attached hydrogen (secondary N) is 3. The number of carbonyl (C=O) groups excluding carboxylic acids is 1. The van der Waals surface area contributed by atoms with E-state index >= 15 is 0 Å². The summed E-state index contributed by atoms with van der Waals surface area (Å²) >= 11 is 12.6. The first-order valence-corrected chi connectivity index (χ1v) is 15.0. The molecule has 2 aromatic rings. The Hall–Kier alpha value is -2.56. The monoisotopic (exact) mass is 604 g/mol. The lowest BCUT2D eigenvalue weighted by atomic mass is 10.0. The molecule has 214 valence electrons. The van der Waals surface area contributed by atoms with E-state index in [1.165, 1.54) is 18.2 Å². The second-order valence-electron chi connectivity index (χ2n) is 8.97. The number of aromatic hydroxyl groups is 1. The number of anilines is 1. The highest BCUT2D eigenvalue weighted by molar-refractivity contribution is 7.60. The number of phenolic OH excluding ortho intramolecular Hbond substituents is 1. The zero-order valence-corrected chi connectivity index (χ0v) is 24.6. The van der Waals surface area contributed by atoms with Gasteiger partial charge >= 0.3 is 5.97 Å². The van der Waals surface area contributed by atoms with Crippen LogP contribution in [0.1, 0.15) is 46.1 Å². The number of phenols is 1. The van der Waals surface area contributed by atoms with E-state index in [4.69, 9.17) is 37.4 Å². The number of carbonyl (C=O) groups is 1. The largest absolute Gasteiger partial charge is 0.508 e. The Bertz CT molecular complexity index is 1300. The summed E-state index contributed by atoms with van der Waals surface area (Å²) in [4.78, 5) is 16.3. The molecule has 10 nitrogen and oxygen atoms in total. The second kappa shape index (κ2) is 13.2. The Morgan fingerprint density at radius 1 is 1.23 bits per heavy atom. The first-order chi connectivity index (χ1) is 18.4. The molecule has 0 spiro atoms. The molecule has 0 saturated carbocycles. The fraction of sp³-hybridized carbons (Fsp3) is 0.440. The molecule has 1 aromatic heterocycles. The predicted octanol–water partition coefficient (Wildman–Crippen LogP) is 6.14. The van der Waals surface area contributed by atoms with Gasteiger partial charge in [-0.1, -0.05) is 37.0 Å². The van der Waals surface area contributed by atoms with Gasteiger partial charge in [-0.3, -0.25) is 4.57 Å². The lowest BCUT2D eigenvalue weighted by molar-refractivity contribution is -0.143. The number of aromatic nitrogens is 1. The average Bonchev–Trinajstić information content (AvgIpc) is 3.00. The molecule has 3 atom stereocenters. The lowest BCUT2D eigenvalue weighted by Gasteiger charge is -2.25. The highest BCUT2D eigenvalue weighted by atomic mass is 35.5. The third kappa shape index (κ3) is 7.55. The van der Waals surface area contributed by atoms with Gasteiger partial charge in [-0.05, 0) is 51.0 Å². The number of esters is 1. The molecule has 1 unspecified atom stereocenters. The number of nitrogens with zero attached hydrogens (tertiary/aromatic N) is 1. The summed E-state index contributed by atoms with van der Waals surface area (Å²) in [5.74, 6) is -1.35. The Morgan fingerprint density at radius 2 is 1.95 bits per heavy atom. The third-order valence-corrected chi connectivity index (χ3v) is 8.45. The minimum atomic E-state index is -3.59. The number of ether oxygens (including phenoxy) is 3. The maximum absolute atomic E-state index is 14.7. The van der Waals surface area contributed by atoms with E-state index in [0.29, 0.717) is 17.9 Å². The predicted molar refractivity (Wildman–Crippen MR) is 148 cm³/mol. The zero-order valence-electron chi connectivity index (χ0n) is 22.2. The molecular weight excluding hydrogens is 573 g/mol. The molecule has 1 aromatic carbocycles. The minimum Gasteiger partial charge on any atom is -0.508 e. The third-order valence-electron chi connectivity index (χ3n) is 5.67. The number of pyridine rings is 1. The SMILES string of the molecule is CCOC(=O)[C@@H]1C=C(OCC)[C@H](C)NP(=O)(CNc2nc(F)c(Cl)c(Oc3ccc(O)c(C(C)C)c3)c2Cl)N1. The van der Waals surface area contributed by atoms with Crippen LogP contribution in [-0.4, -0.2) is 47.6 Å². The zero-order chi connectivity index (χ0) is 28.9. The van der Waals surface area contributed by atoms with Crippen molar-refractivity contribution in [2.75, 3.05) is 24.8 Å². The average molecular weight is 605 g/mol. The summed E-state index contributed by atoms with van der Waals surface area (Å²) in [6, 6.07) is 2.93. The lowest BCUT2D eigenvalue weighted by Crippen LogP contribution is -2.38. The van der Waals surface area contributed by atoms with Crippen molar-refractivity contribution in [2.24, 2.45) is 0 Å². The van der Waals surface area contributed by atoms with Gasteiger partial charge < -0.3 is 24.6 Å². The van der Waals surface area contributed by atoms with E-state index in [9.17, 15) is 18.9 Å². The Labute approximate surface area is 236 Å². The molecule has 1 aliphatic heterocycles. The summed E-state index contributed by atoms with van der Waals surface area (Å²) < 4.78 is 45.1. The van der Waals surface area contributed by atoms with Crippen molar-refractivity contribution in [1.29, 1.82) is 0 Å². The molecule has 4 N–H and O–H groups in total. The topological polar surface area (TPSA) is 131 Å². The van der Waals surface area contributed by atoms with Crippen molar-refractivity contribution in [3.8, 4) is 17.2 Å². The molecule has 0 saturated heterocycles. The van der Waals surface area contributed by atoms with Crippen LogP contribution in [0.4, 0.5) is 10.2 Å². The summed E-state index contributed by atoms with van der Waals surface area (Å²) in [5.41, 5.74) is 0.613. The van der Waals surface area contributed by atoms with Gasteiger partial charge in [0, 0.05) is 5.56 Å². The van der Waals surface area contributed by atoms with Crippen LogP contribution < -0.4 is 20.2 Å². The van der Waals surface area contributed by atoms with Gasteiger partial charge in [-0.25, -0.2) is 15.0 Å². The van der Waals surface area contributed by atoms with Gasteiger partial charge in [0.1, 0.15) is 33.3 Å². The fourth-order valence-electron chi connectivity index (χ4n) is 3.83. The van der Waals surface area contributed by atoms with Crippen molar-refractivity contribution in [2.45, 2.75) is 52.6 Å². The summed E-state index contributed by atoms with van der Waals surface area (Å²) in [5, 5.41) is 18.0. The highest BCUT2D eigenvalue weighted by Crippen LogP contribution is 2.45. The van der Waals surface area contributed by atoms with E-state index in [0.717, 1.165) is 0 Å². The van der Waals surface area contributed by atoms with Crippen LogP contribution in [0, 0.1) is 5.95 Å². The number of rotatable bonds is 10. The smallest absolute Gasteiger partial charge is 0.327 e. The summed E-state index contributed by atoms with van der Waals surface area (Å²) in [7, 11) is -3.59.